The minimum Gasteiger partial charge on any atom is -0.299 e. The summed E-state index contributed by atoms with van der Waals surface area (Å²) in [4.78, 5) is 23.3. The molecule has 0 unspecified atom stereocenters. The van der Waals surface area contributed by atoms with Crippen LogP contribution in [0.5, 0.6) is 0 Å². The molecule has 2 heteroatoms. The molecule has 0 aromatic carbocycles. The standard InChI is InChI=1S/C12H22O2/c1-8(2)10(13)7-12(5,6)11(14)9(3)4/h8-9H,7H2,1-6H3. The monoisotopic (exact) mass is 198 g/mol. The van der Waals surface area contributed by atoms with Crippen LogP contribution < -0.4 is 0 Å². The van der Waals surface area contributed by atoms with Crippen molar-refractivity contribution in [3.05, 3.63) is 0 Å². The fourth-order valence-electron chi connectivity index (χ4n) is 1.51. The highest BCUT2D eigenvalue weighted by Gasteiger charge is 2.32. The van der Waals surface area contributed by atoms with Gasteiger partial charge in [0.05, 0.1) is 0 Å². The first-order valence-electron chi connectivity index (χ1n) is 5.25. The van der Waals surface area contributed by atoms with Gasteiger partial charge in [0.1, 0.15) is 11.6 Å². The van der Waals surface area contributed by atoms with E-state index in [1.807, 2.05) is 41.5 Å². The number of carbonyl (C=O) groups is 2. The van der Waals surface area contributed by atoms with Crippen molar-refractivity contribution in [3.8, 4) is 0 Å². The van der Waals surface area contributed by atoms with Gasteiger partial charge in [-0.05, 0) is 0 Å². The smallest absolute Gasteiger partial charge is 0.141 e. The first kappa shape index (κ1) is 13.3. The third-order valence-electron chi connectivity index (χ3n) is 2.45. The van der Waals surface area contributed by atoms with Gasteiger partial charge in [0, 0.05) is 23.7 Å². The van der Waals surface area contributed by atoms with Gasteiger partial charge in [-0.3, -0.25) is 9.59 Å². The zero-order valence-electron chi connectivity index (χ0n) is 10.2. The van der Waals surface area contributed by atoms with Gasteiger partial charge in [0.15, 0.2) is 0 Å². The SMILES string of the molecule is CC(C)C(=O)CC(C)(C)C(=O)C(C)C. The molecule has 0 rings (SSSR count). The van der Waals surface area contributed by atoms with Gasteiger partial charge in [0.25, 0.3) is 0 Å². The molecule has 0 bridgehead atoms. The Morgan fingerprint density at radius 3 is 1.71 bits per heavy atom. The van der Waals surface area contributed by atoms with E-state index in [9.17, 15) is 9.59 Å². The second-order valence-electron chi connectivity index (χ2n) is 5.20. The van der Waals surface area contributed by atoms with E-state index in [4.69, 9.17) is 0 Å². The van der Waals surface area contributed by atoms with Crippen LogP contribution in [0, 0.1) is 17.3 Å². The van der Waals surface area contributed by atoms with Crippen LogP contribution in [0.25, 0.3) is 0 Å². The lowest BCUT2D eigenvalue weighted by Gasteiger charge is -2.25. The number of hydrogen-bond donors (Lipinski definition) is 0. The fraction of sp³-hybridized carbons (Fsp3) is 0.833. The van der Waals surface area contributed by atoms with E-state index in [1.165, 1.54) is 0 Å². The van der Waals surface area contributed by atoms with Crippen LogP contribution in [0.4, 0.5) is 0 Å². The number of Topliss-reactive ketones (excluding diaryl/α,β-unsaturated/α-hetero) is 2. The van der Waals surface area contributed by atoms with E-state index in [-0.39, 0.29) is 23.4 Å². The molecule has 0 spiro atoms. The van der Waals surface area contributed by atoms with Crippen molar-refractivity contribution in [1.82, 2.24) is 0 Å². The number of rotatable bonds is 5. The Morgan fingerprint density at radius 2 is 1.43 bits per heavy atom. The van der Waals surface area contributed by atoms with Crippen molar-refractivity contribution >= 4 is 11.6 Å². The van der Waals surface area contributed by atoms with E-state index < -0.39 is 5.41 Å². The van der Waals surface area contributed by atoms with Crippen molar-refractivity contribution in [2.75, 3.05) is 0 Å². The van der Waals surface area contributed by atoms with Crippen LogP contribution in [-0.4, -0.2) is 11.6 Å². The maximum atomic E-state index is 11.8. The van der Waals surface area contributed by atoms with Gasteiger partial charge in [-0.2, -0.15) is 0 Å². The maximum Gasteiger partial charge on any atom is 0.141 e. The van der Waals surface area contributed by atoms with E-state index in [0.29, 0.717) is 6.42 Å². The summed E-state index contributed by atoms with van der Waals surface area (Å²) in [6.07, 6.45) is 0.363. The lowest BCUT2D eigenvalue weighted by atomic mass is 9.77. The molecule has 2 nitrogen and oxygen atoms in total. The second kappa shape index (κ2) is 4.72. The normalized spacial score (nSPS) is 12.3. The van der Waals surface area contributed by atoms with Crippen molar-refractivity contribution in [3.63, 3.8) is 0 Å². The highest BCUT2D eigenvalue weighted by molar-refractivity contribution is 5.91. The van der Waals surface area contributed by atoms with Crippen LogP contribution >= 0.6 is 0 Å². The van der Waals surface area contributed by atoms with Crippen molar-refractivity contribution in [2.24, 2.45) is 17.3 Å². The Bertz CT molecular complexity index is 224. The Balaban J connectivity index is 4.49. The second-order valence-corrected chi connectivity index (χ2v) is 5.20. The molecule has 82 valence electrons. The van der Waals surface area contributed by atoms with Gasteiger partial charge in [0.2, 0.25) is 0 Å². The zero-order chi connectivity index (χ0) is 11.5. The molecule has 0 fully saturated rings. The van der Waals surface area contributed by atoms with E-state index in [1.54, 1.807) is 0 Å². The predicted octanol–water partition coefficient (Wildman–Crippen LogP) is 2.85. The molecule has 0 N–H and O–H groups in total. The quantitative estimate of drug-likeness (QED) is 0.680. The molecule has 0 aromatic rings. The van der Waals surface area contributed by atoms with Gasteiger partial charge in [-0.15, -0.1) is 0 Å². The van der Waals surface area contributed by atoms with Crippen LogP contribution in [0.1, 0.15) is 48.0 Å². The largest absolute Gasteiger partial charge is 0.299 e. The first-order chi connectivity index (χ1) is 6.18. The number of carbonyl (C=O) groups excluding carboxylic acids is 2. The molecule has 0 amide bonds. The molecule has 0 saturated carbocycles. The molecule has 0 aromatic heterocycles. The molecule has 0 atom stereocenters. The van der Waals surface area contributed by atoms with Crippen LogP contribution in [0.2, 0.25) is 0 Å². The summed E-state index contributed by atoms with van der Waals surface area (Å²) >= 11 is 0. The van der Waals surface area contributed by atoms with Crippen molar-refractivity contribution in [1.29, 1.82) is 0 Å². The Labute approximate surface area is 87.1 Å². The third kappa shape index (κ3) is 3.60. The topological polar surface area (TPSA) is 34.1 Å². The Hall–Kier alpha value is -0.660. The molecule has 14 heavy (non-hydrogen) atoms. The Morgan fingerprint density at radius 1 is 1.00 bits per heavy atom. The van der Waals surface area contributed by atoms with Crippen LogP contribution in [-0.2, 0) is 9.59 Å². The molecule has 0 aliphatic carbocycles. The van der Waals surface area contributed by atoms with E-state index >= 15 is 0 Å². The van der Waals surface area contributed by atoms with E-state index in [0.717, 1.165) is 0 Å². The van der Waals surface area contributed by atoms with Crippen molar-refractivity contribution < 1.29 is 9.59 Å². The molecular formula is C12H22O2. The van der Waals surface area contributed by atoms with Gasteiger partial charge >= 0.3 is 0 Å². The first-order valence-corrected chi connectivity index (χ1v) is 5.25. The summed E-state index contributed by atoms with van der Waals surface area (Å²) < 4.78 is 0. The number of ketones is 2. The van der Waals surface area contributed by atoms with Gasteiger partial charge < -0.3 is 0 Å². The summed E-state index contributed by atoms with van der Waals surface area (Å²) in [7, 11) is 0. The lowest BCUT2D eigenvalue weighted by molar-refractivity contribution is -0.135. The summed E-state index contributed by atoms with van der Waals surface area (Å²) in [6, 6.07) is 0. The highest BCUT2D eigenvalue weighted by Crippen LogP contribution is 2.27. The molecule has 0 radical (unpaired) electrons. The summed E-state index contributed by atoms with van der Waals surface area (Å²) in [5.74, 6) is 0.370. The molecule has 0 aliphatic rings. The molecule has 0 heterocycles. The third-order valence-corrected chi connectivity index (χ3v) is 2.45. The number of hydrogen-bond acceptors (Lipinski definition) is 2. The highest BCUT2D eigenvalue weighted by atomic mass is 16.1. The van der Waals surface area contributed by atoms with Crippen molar-refractivity contribution in [2.45, 2.75) is 48.0 Å². The molecular weight excluding hydrogens is 176 g/mol. The lowest BCUT2D eigenvalue weighted by Crippen LogP contribution is -2.32. The van der Waals surface area contributed by atoms with Gasteiger partial charge in [-0.1, -0.05) is 41.5 Å². The average Bonchev–Trinajstić information content (AvgIpc) is 2.01. The maximum absolute atomic E-state index is 11.8. The Kier molecular flexibility index (Phi) is 4.50. The summed E-state index contributed by atoms with van der Waals surface area (Å²) in [5, 5.41) is 0. The summed E-state index contributed by atoms with van der Waals surface area (Å²) in [6.45, 7) is 11.2. The van der Waals surface area contributed by atoms with E-state index in [2.05, 4.69) is 0 Å². The average molecular weight is 198 g/mol. The van der Waals surface area contributed by atoms with Crippen LogP contribution in [0.3, 0.4) is 0 Å². The predicted molar refractivity (Wildman–Crippen MR) is 58.1 cm³/mol. The molecule has 0 aliphatic heterocycles. The minimum atomic E-state index is -0.504. The molecule has 0 saturated heterocycles. The van der Waals surface area contributed by atoms with Gasteiger partial charge in [-0.25, -0.2) is 0 Å². The minimum absolute atomic E-state index is 0.00459. The van der Waals surface area contributed by atoms with Crippen LogP contribution in [0.15, 0.2) is 0 Å². The summed E-state index contributed by atoms with van der Waals surface area (Å²) in [5.41, 5.74) is -0.504. The fourth-order valence-corrected chi connectivity index (χ4v) is 1.51. The zero-order valence-corrected chi connectivity index (χ0v) is 10.2.